The minimum atomic E-state index is -4.85. The van der Waals surface area contributed by atoms with Crippen LogP contribution in [-0.2, 0) is 30.5 Å². The summed E-state index contributed by atoms with van der Waals surface area (Å²) in [7, 11) is 0. The van der Waals surface area contributed by atoms with Crippen molar-refractivity contribution in [2.45, 2.75) is 39.0 Å². The van der Waals surface area contributed by atoms with Crippen LogP contribution in [0.5, 0.6) is 0 Å². The molecule has 2 aromatic rings. The number of nitrogens with zero attached hydrogens (tertiary/aromatic N) is 3. The highest BCUT2D eigenvalue weighted by molar-refractivity contribution is 5.87. The van der Waals surface area contributed by atoms with Gasteiger partial charge in [-0.05, 0) is 24.0 Å². The smallest absolute Gasteiger partial charge is 0.449 e. The number of aromatic carboxylic acids is 1. The molecule has 0 bridgehead atoms. The van der Waals surface area contributed by atoms with Crippen LogP contribution in [0.15, 0.2) is 12.1 Å². The van der Waals surface area contributed by atoms with E-state index in [-0.39, 0.29) is 43.7 Å². The number of amides is 1. The third-order valence-corrected chi connectivity index (χ3v) is 5.00. The number of fused-ring (bicyclic) bond motifs is 1. The summed E-state index contributed by atoms with van der Waals surface area (Å²) in [6.45, 7) is 0.812. The summed E-state index contributed by atoms with van der Waals surface area (Å²) < 4.78 is 80.3. The predicted octanol–water partition coefficient (Wildman–Crippen LogP) is 3.63. The summed E-state index contributed by atoms with van der Waals surface area (Å²) in [6.07, 6.45) is -5.07. The van der Waals surface area contributed by atoms with Crippen LogP contribution in [0.2, 0.25) is 0 Å². The van der Waals surface area contributed by atoms with Crippen LogP contribution in [-0.4, -0.2) is 38.0 Å². The molecule has 1 unspecified atom stereocenters. The number of carboxylic acid groups (broad SMARTS) is 1. The van der Waals surface area contributed by atoms with Gasteiger partial charge in [-0.3, -0.25) is 4.79 Å². The van der Waals surface area contributed by atoms with Gasteiger partial charge in [-0.15, -0.1) is 0 Å². The topological polar surface area (TPSA) is 75.4 Å². The number of benzene rings is 1. The molecule has 12 heteroatoms. The fraction of sp³-hybridized carbons (Fsp3) is 0.421. The molecule has 2 heterocycles. The highest BCUT2D eigenvalue weighted by Crippen LogP contribution is 2.32. The molecular weight excluding hydrogens is 432 g/mol. The van der Waals surface area contributed by atoms with Crippen molar-refractivity contribution in [3.05, 3.63) is 52.4 Å². The van der Waals surface area contributed by atoms with Crippen LogP contribution in [0.1, 0.15) is 40.9 Å². The van der Waals surface area contributed by atoms with E-state index in [1.54, 1.807) is 6.92 Å². The molecule has 0 saturated heterocycles. The number of halogens is 6. The van der Waals surface area contributed by atoms with E-state index in [0.717, 1.165) is 4.57 Å². The largest absolute Gasteiger partial charge is 0.476 e. The van der Waals surface area contributed by atoms with Crippen molar-refractivity contribution >= 4 is 11.9 Å². The molecule has 0 radical (unpaired) electrons. The number of rotatable bonds is 5. The van der Waals surface area contributed by atoms with E-state index < -0.39 is 52.9 Å². The summed E-state index contributed by atoms with van der Waals surface area (Å²) >= 11 is 0. The standard InChI is InChI=1S/C19H17F6N3O3/c1-9(4-10-6-12(21)13(22)7-11(10)20)5-15(29)27-2-3-28-14(8-27)16(17(30)31)26-18(28)19(23,24)25/h6-7,9H,2-5,8H2,1H3,(H,30,31). The van der Waals surface area contributed by atoms with Gasteiger partial charge in [0, 0.05) is 25.6 Å². The van der Waals surface area contributed by atoms with Crippen LogP contribution >= 0.6 is 0 Å². The summed E-state index contributed by atoms with van der Waals surface area (Å²) in [6, 6.07) is 1.12. The lowest BCUT2D eigenvalue weighted by atomic mass is 9.96. The van der Waals surface area contributed by atoms with Gasteiger partial charge in [0.25, 0.3) is 0 Å². The van der Waals surface area contributed by atoms with E-state index in [1.807, 2.05) is 0 Å². The lowest BCUT2D eigenvalue weighted by Gasteiger charge is -2.30. The monoisotopic (exact) mass is 449 g/mol. The SMILES string of the molecule is CC(CC(=O)N1CCn2c(C(F)(F)F)nc(C(=O)O)c2C1)Cc1cc(F)c(F)cc1F. The molecule has 0 saturated carbocycles. The third kappa shape index (κ3) is 4.67. The van der Waals surface area contributed by atoms with E-state index in [2.05, 4.69) is 4.98 Å². The number of aromatic nitrogens is 2. The Bertz CT molecular complexity index is 1030. The molecule has 1 N–H and O–H groups in total. The maximum absolute atomic E-state index is 13.8. The second-order valence-corrected chi connectivity index (χ2v) is 7.37. The Morgan fingerprint density at radius 3 is 2.39 bits per heavy atom. The fourth-order valence-electron chi connectivity index (χ4n) is 3.56. The minimum Gasteiger partial charge on any atom is -0.476 e. The molecule has 1 atom stereocenters. The number of carboxylic acids is 1. The molecule has 1 aromatic carbocycles. The van der Waals surface area contributed by atoms with E-state index in [4.69, 9.17) is 0 Å². The van der Waals surface area contributed by atoms with Gasteiger partial charge in [0.15, 0.2) is 17.3 Å². The molecule has 1 aliphatic heterocycles. The van der Waals surface area contributed by atoms with E-state index in [0.29, 0.717) is 12.1 Å². The van der Waals surface area contributed by atoms with E-state index in [9.17, 15) is 41.0 Å². The lowest BCUT2D eigenvalue weighted by molar-refractivity contribution is -0.148. The van der Waals surface area contributed by atoms with Crippen LogP contribution < -0.4 is 0 Å². The number of alkyl halides is 3. The van der Waals surface area contributed by atoms with Gasteiger partial charge in [-0.25, -0.2) is 22.9 Å². The normalized spacial score (nSPS) is 15.0. The number of hydrogen-bond donors (Lipinski definition) is 1. The van der Waals surface area contributed by atoms with Gasteiger partial charge in [0.2, 0.25) is 11.7 Å². The molecule has 1 amide bonds. The minimum absolute atomic E-state index is 0.0703. The first-order valence-corrected chi connectivity index (χ1v) is 9.19. The van der Waals surface area contributed by atoms with Crippen molar-refractivity contribution < 1.29 is 41.0 Å². The average molecular weight is 449 g/mol. The first kappa shape index (κ1) is 22.6. The molecule has 1 aliphatic rings. The van der Waals surface area contributed by atoms with Crippen molar-refractivity contribution in [2.75, 3.05) is 6.54 Å². The van der Waals surface area contributed by atoms with Crippen LogP contribution in [0.4, 0.5) is 26.3 Å². The number of hydrogen-bond acceptors (Lipinski definition) is 3. The Morgan fingerprint density at radius 1 is 1.13 bits per heavy atom. The summed E-state index contributed by atoms with van der Waals surface area (Å²) in [5.41, 5.74) is -1.13. The van der Waals surface area contributed by atoms with Crippen LogP contribution in [0, 0.1) is 23.4 Å². The lowest BCUT2D eigenvalue weighted by Crippen LogP contribution is -2.40. The second kappa shape index (κ2) is 8.23. The van der Waals surface area contributed by atoms with Gasteiger partial charge < -0.3 is 14.6 Å². The number of carbonyl (C=O) groups excluding carboxylic acids is 1. The third-order valence-electron chi connectivity index (χ3n) is 5.00. The Morgan fingerprint density at radius 2 is 1.77 bits per heavy atom. The Hall–Kier alpha value is -3.05. The second-order valence-electron chi connectivity index (χ2n) is 7.37. The average Bonchev–Trinajstić information content (AvgIpc) is 3.05. The number of imidazole rings is 1. The Balaban J connectivity index is 1.73. The first-order chi connectivity index (χ1) is 14.4. The van der Waals surface area contributed by atoms with Gasteiger partial charge in [-0.2, -0.15) is 13.2 Å². The van der Waals surface area contributed by atoms with Gasteiger partial charge in [-0.1, -0.05) is 6.92 Å². The zero-order valence-corrected chi connectivity index (χ0v) is 16.1. The van der Waals surface area contributed by atoms with Crippen LogP contribution in [0.3, 0.4) is 0 Å². The predicted molar refractivity (Wildman–Crippen MR) is 93.4 cm³/mol. The highest BCUT2D eigenvalue weighted by atomic mass is 19.4. The van der Waals surface area contributed by atoms with E-state index in [1.165, 1.54) is 4.90 Å². The zero-order valence-electron chi connectivity index (χ0n) is 16.1. The molecule has 6 nitrogen and oxygen atoms in total. The quantitative estimate of drug-likeness (QED) is 0.559. The molecule has 168 valence electrons. The zero-order chi connectivity index (χ0) is 23.1. The highest BCUT2D eigenvalue weighted by Gasteiger charge is 2.41. The van der Waals surface area contributed by atoms with Gasteiger partial charge >= 0.3 is 12.1 Å². The summed E-state index contributed by atoms with van der Waals surface area (Å²) in [5, 5.41) is 9.18. The molecule has 1 aromatic heterocycles. The number of carbonyl (C=O) groups is 2. The molecule has 0 aliphatic carbocycles. The van der Waals surface area contributed by atoms with Crippen molar-refractivity contribution in [1.82, 2.24) is 14.5 Å². The maximum atomic E-state index is 13.8. The van der Waals surface area contributed by atoms with E-state index >= 15 is 0 Å². The molecule has 0 fully saturated rings. The maximum Gasteiger partial charge on any atom is 0.449 e. The van der Waals surface area contributed by atoms with Crippen molar-refractivity contribution in [3.8, 4) is 0 Å². The fourth-order valence-corrected chi connectivity index (χ4v) is 3.56. The van der Waals surface area contributed by atoms with Crippen molar-refractivity contribution in [2.24, 2.45) is 5.92 Å². The first-order valence-electron chi connectivity index (χ1n) is 9.19. The molecule has 0 spiro atoms. The molecular formula is C19H17F6N3O3. The van der Waals surface area contributed by atoms with Crippen molar-refractivity contribution in [1.29, 1.82) is 0 Å². The van der Waals surface area contributed by atoms with Gasteiger partial charge in [0.05, 0.1) is 12.2 Å². The molecule has 31 heavy (non-hydrogen) atoms. The van der Waals surface area contributed by atoms with Gasteiger partial charge in [0.1, 0.15) is 5.82 Å². The molecule has 3 rings (SSSR count). The van der Waals surface area contributed by atoms with Crippen molar-refractivity contribution in [3.63, 3.8) is 0 Å². The summed E-state index contributed by atoms with van der Waals surface area (Å²) in [4.78, 5) is 28.3. The Kier molecular flexibility index (Phi) is 6.01. The Labute approximate surface area is 172 Å². The summed E-state index contributed by atoms with van der Waals surface area (Å²) in [5.74, 6) is -7.48. The van der Waals surface area contributed by atoms with Crippen LogP contribution in [0.25, 0.3) is 0 Å².